The largest absolute Gasteiger partial charge is 0.384 e. The van der Waals surface area contributed by atoms with Crippen molar-refractivity contribution < 1.29 is 9.59 Å². The first-order valence-electron chi connectivity index (χ1n) is 11.5. The minimum absolute atomic E-state index is 0.144. The van der Waals surface area contributed by atoms with Gasteiger partial charge in [0.1, 0.15) is 17.6 Å². The molecule has 2 fully saturated rings. The summed E-state index contributed by atoms with van der Waals surface area (Å²) in [6, 6.07) is 6.52. The molecule has 4 atom stereocenters. The zero-order valence-corrected chi connectivity index (χ0v) is 18.0. The molecule has 166 valence electrons. The molecule has 2 aromatic heterocycles. The molecule has 0 aromatic carbocycles. The zero-order valence-electron chi connectivity index (χ0n) is 18.0. The fraction of sp³-hybridized carbons (Fsp3) is 0.542. The molecule has 3 unspecified atom stereocenters. The molecule has 4 rings (SSSR count). The van der Waals surface area contributed by atoms with Gasteiger partial charge in [-0.1, -0.05) is 44.6 Å². The van der Waals surface area contributed by atoms with Gasteiger partial charge in [0.25, 0.3) is 5.91 Å². The van der Waals surface area contributed by atoms with Gasteiger partial charge in [-0.15, -0.1) is 0 Å². The van der Waals surface area contributed by atoms with Crippen molar-refractivity contribution in [2.75, 3.05) is 5.73 Å². The predicted octanol–water partition coefficient (Wildman–Crippen LogP) is 3.40. The number of nitrogen functional groups attached to an aromatic ring is 1. The van der Waals surface area contributed by atoms with E-state index >= 15 is 0 Å². The Labute approximate surface area is 183 Å². The number of carbonyl (C=O) groups excluding carboxylic acids is 2. The van der Waals surface area contributed by atoms with Crippen LogP contribution in [-0.2, 0) is 11.3 Å². The summed E-state index contributed by atoms with van der Waals surface area (Å²) in [7, 11) is 0. The Bertz CT molecular complexity index is 863. The lowest BCUT2D eigenvalue weighted by Gasteiger charge is -2.42. The van der Waals surface area contributed by atoms with E-state index in [1.807, 2.05) is 6.07 Å². The van der Waals surface area contributed by atoms with E-state index in [0.29, 0.717) is 36.3 Å². The number of pyridine rings is 1. The molecule has 0 bridgehead atoms. The number of hydrogen-bond acceptors (Lipinski definition) is 4. The highest BCUT2D eigenvalue weighted by atomic mass is 16.2. The van der Waals surface area contributed by atoms with E-state index in [0.717, 1.165) is 17.9 Å². The fourth-order valence-corrected chi connectivity index (χ4v) is 5.46. The van der Waals surface area contributed by atoms with Crippen LogP contribution in [0.2, 0.25) is 0 Å². The van der Waals surface area contributed by atoms with E-state index in [-0.39, 0.29) is 11.8 Å². The molecule has 2 amide bonds. The van der Waals surface area contributed by atoms with Crippen molar-refractivity contribution >= 4 is 17.6 Å². The van der Waals surface area contributed by atoms with Crippen LogP contribution in [-0.4, -0.2) is 27.8 Å². The molecule has 0 aliphatic heterocycles. The van der Waals surface area contributed by atoms with E-state index in [1.165, 1.54) is 38.5 Å². The van der Waals surface area contributed by atoms with Gasteiger partial charge in [0, 0.05) is 18.9 Å². The molecule has 2 aromatic rings. The Balaban J connectivity index is 1.44. The van der Waals surface area contributed by atoms with Crippen LogP contribution in [0.4, 0.5) is 5.82 Å². The first kappa shape index (κ1) is 21.4. The number of carbonyl (C=O) groups is 2. The number of nitrogens with one attached hydrogen (secondary N) is 3. The summed E-state index contributed by atoms with van der Waals surface area (Å²) in [5, 5.41) is 5.98. The highest BCUT2D eigenvalue weighted by Gasteiger charge is 2.37. The van der Waals surface area contributed by atoms with Gasteiger partial charge < -0.3 is 21.4 Å². The summed E-state index contributed by atoms with van der Waals surface area (Å²) >= 11 is 0. The molecular formula is C24H33N5O2. The number of hydrogen-bond donors (Lipinski definition) is 4. The number of nitrogens with two attached hydrogens (primary N) is 1. The van der Waals surface area contributed by atoms with Crippen LogP contribution in [0.5, 0.6) is 0 Å². The summed E-state index contributed by atoms with van der Waals surface area (Å²) < 4.78 is 0. The van der Waals surface area contributed by atoms with Crippen molar-refractivity contribution in [3.63, 3.8) is 0 Å². The average Bonchev–Trinajstić information content (AvgIpc) is 3.33. The van der Waals surface area contributed by atoms with Crippen LogP contribution >= 0.6 is 0 Å². The Hall–Kier alpha value is -2.83. The number of H-pyrrole nitrogens is 1. The Morgan fingerprint density at radius 2 is 1.97 bits per heavy atom. The smallest absolute Gasteiger partial charge is 0.268 e. The monoisotopic (exact) mass is 423 g/mol. The Morgan fingerprint density at radius 3 is 2.74 bits per heavy atom. The van der Waals surface area contributed by atoms with Crippen molar-refractivity contribution in [3.05, 3.63) is 47.9 Å². The second-order valence-corrected chi connectivity index (χ2v) is 9.05. The maximum atomic E-state index is 13.1. The fourth-order valence-electron chi connectivity index (χ4n) is 5.46. The Kier molecular flexibility index (Phi) is 6.89. The van der Waals surface area contributed by atoms with Gasteiger partial charge in [-0.25, -0.2) is 4.98 Å². The summed E-state index contributed by atoms with van der Waals surface area (Å²) in [5.74, 6) is 2.02. The second-order valence-electron chi connectivity index (χ2n) is 9.05. The SMILES string of the molecule is Nc1ccc(CNC(=O)C(CC2CCCC3CCCC[C@@H]32)NC(=O)c2ccc[nH]2)cn1. The second kappa shape index (κ2) is 9.98. The van der Waals surface area contributed by atoms with Crippen LogP contribution in [0.15, 0.2) is 36.7 Å². The third-order valence-electron chi connectivity index (χ3n) is 7.04. The highest BCUT2D eigenvalue weighted by Crippen LogP contribution is 2.45. The van der Waals surface area contributed by atoms with Crippen LogP contribution in [0, 0.1) is 17.8 Å². The van der Waals surface area contributed by atoms with Crippen LogP contribution < -0.4 is 16.4 Å². The average molecular weight is 424 g/mol. The molecule has 0 saturated heterocycles. The molecule has 0 radical (unpaired) electrons. The summed E-state index contributed by atoms with van der Waals surface area (Å²) in [6.45, 7) is 0.359. The summed E-state index contributed by atoms with van der Waals surface area (Å²) in [4.78, 5) is 32.9. The number of amides is 2. The number of fused-ring (bicyclic) bond motifs is 1. The molecule has 2 aliphatic rings. The summed E-state index contributed by atoms with van der Waals surface area (Å²) in [6.07, 6.45) is 12.9. The van der Waals surface area contributed by atoms with Gasteiger partial charge in [-0.2, -0.15) is 0 Å². The molecule has 7 heteroatoms. The normalized spacial score (nSPS) is 24.1. The lowest BCUT2D eigenvalue weighted by atomic mass is 9.64. The Morgan fingerprint density at radius 1 is 1.13 bits per heavy atom. The maximum Gasteiger partial charge on any atom is 0.268 e. The zero-order chi connectivity index (χ0) is 21.6. The lowest BCUT2D eigenvalue weighted by molar-refractivity contribution is -0.123. The van der Waals surface area contributed by atoms with Crippen molar-refractivity contribution in [1.29, 1.82) is 0 Å². The maximum absolute atomic E-state index is 13.1. The molecule has 2 aliphatic carbocycles. The van der Waals surface area contributed by atoms with Crippen LogP contribution in [0.3, 0.4) is 0 Å². The van der Waals surface area contributed by atoms with Gasteiger partial charge in [0.2, 0.25) is 5.91 Å². The minimum Gasteiger partial charge on any atom is -0.384 e. The number of rotatable bonds is 7. The third kappa shape index (κ3) is 5.46. The number of aromatic amines is 1. The molecule has 2 heterocycles. The molecule has 2 saturated carbocycles. The first-order valence-corrected chi connectivity index (χ1v) is 11.5. The number of anilines is 1. The van der Waals surface area contributed by atoms with Gasteiger partial charge in [0.15, 0.2) is 0 Å². The molecule has 5 N–H and O–H groups in total. The van der Waals surface area contributed by atoms with E-state index < -0.39 is 6.04 Å². The lowest BCUT2D eigenvalue weighted by Crippen LogP contribution is -2.49. The topological polar surface area (TPSA) is 113 Å². The van der Waals surface area contributed by atoms with E-state index in [9.17, 15) is 9.59 Å². The highest BCUT2D eigenvalue weighted by molar-refractivity contribution is 5.96. The standard InChI is InChI=1S/C24H33N5O2/c25-22-11-10-16(14-27-22)15-28-23(30)21(29-24(31)20-9-4-12-26-20)13-18-7-3-6-17-5-1-2-8-19(17)18/h4,9-12,14,17-19,21,26H,1-3,5-8,13,15H2,(H2,25,27)(H,28,30)(H,29,31)/t17?,18?,19-,21?/m0/s1. The molecule has 0 spiro atoms. The number of nitrogens with zero attached hydrogens (tertiary/aromatic N) is 1. The minimum atomic E-state index is -0.553. The van der Waals surface area contributed by atoms with E-state index in [1.54, 1.807) is 30.6 Å². The van der Waals surface area contributed by atoms with Crippen molar-refractivity contribution in [1.82, 2.24) is 20.6 Å². The van der Waals surface area contributed by atoms with Gasteiger partial charge in [-0.05, 0) is 54.4 Å². The van der Waals surface area contributed by atoms with E-state index in [4.69, 9.17) is 5.73 Å². The predicted molar refractivity (Wildman–Crippen MR) is 120 cm³/mol. The molecule has 7 nitrogen and oxygen atoms in total. The molecular weight excluding hydrogens is 390 g/mol. The first-order chi connectivity index (χ1) is 15.1. The van der Waals surface area contributed by atoms with E-state index in [2.05, 4.69) is 20.6 Å². The van der Waals surface area contributed by atoms with Gasteiger partial charge >= 0.3 is 0 Å². The van der Waals surface area contributed by atoms with Crippen LogP contribution in [0.1, 0.15) is 67.4 Å². The summed E-state index contributed by atoms with van der Waals surface area (Å²) in [5.41, 5.74) is 6.99. The van der Waals surface area contributed by atoms with Gasteiger partial charge in [-0.3, -0.25) is 9.59 Å². The van der Waals surface area contributed by atoms with Crippen LogP contribution in [0.25, 0.3) is 0 Å². The quantitative estimate of drug-likeness (QED) is 0.546. The molecule has 31 heavy (non-hydrogen) atoms. The van der Waals surface area contributed by atoms with Crippen molar-refractivity contribution in [2.45, 2.75) is 64.0 Å². The van der Waals surface area contributed by atoms with Crippen molar-refractivity contribution in [3.8, 4) is 0 Å². The number of aromatic nitrogens is 2. The van der Waals surface area contributed by atoms with Gasteiger partial charge in [0.05, 0.1) is 0 Å². The van der Waals surface area contributed by atoms with Crippen molar-refractivity contribution in [2.24, 2.45) is 17.8 Å². The third-order valence-corrected chi connectivity index (χ3v) is 7.04.